The number of ether oxygens (including phenoxy) is 5. The number of hydrogen-bond acceptors (Lipinski definition) is 9. The summed E-state index contributed by atoms with van der Waals surface area (Å²) in [6, 6.07) is 4.99. The molecule has 39 heavy (non-hydrogen) atoms. The molecule has 0 unspecified atom stereocenters. The molecule has 2 aromatic carbocycles. The molecule has 2 aromatic rings. The first-order valence-corrected chi connectivity index (χ1v) is 13.1. The number of rotatable bonds is 4. The van der Waals surface area contributed by atoms with Gasteiger partial charge in [0.2, 0.25) is 5.75 Å². The van der Waals surface area contributed by atoms with E-state index in [0.29, 0.717) is 72.5 Å². The predicted octanol–water partition coefficient (Wildman–Crippen LogP) is 5.34. The number of benzene rings is 2. The maximum Gasteiger partial charge on any atom is 0.342 e. The fourth-order valence-corrected chi connectivity index (χ4v) is 5.11. The van der Waals surface area contributed by atoms with Crippen molar-refractivity contribution in [3.05, 3.63) is 46.5 Å². The number of fused-ring (bicyclic) bond motifs is 2. The van der Waals surface area contributed by atoms with Gasteiger partial charge in [-0.15, -0.1) is 0 Å². The lowest BCUT2D eigenvalue weighted by atomic mass is 9.83. The molecule has 0 aliphatic carbocycles. The predicted molar refractivity (Wildman–Crippen MR) is 143 cm³/mol. The summed E-state index contributed by atoms with van der Waals surface area (Å²) in [5.74, 6) is -0.628. The molecule has 2 aliphatic rings. The van der Waals surface area contributed by atoms with Crippen LogP contribution in [0.2, 0.25) is 0 Å². The number of Topliss-reactive ketones (excluding diaryl/α,β-unsaturated/α-hetero) is 1. The Balaban J connectivity index is 1.86. The van der Waals surface area contributed by atoms with E-state index in [1.54, 1.807) is 31.2 Å². The molecule has 0 saturated carbocycles. The summed E-state index contributed by atoms with van der Waals surface area (Å²) in [5, 5.41) is 11.6. The molecule has 2 atom stereocenters. The zero-order chi connectivity index (χ0) is 28.1. The molecular formula is C30H34O9. The molecule has 0 saturated heterocycles. The molecule has 0 fully saturated rings. The first-order chi connectivity index (χ1) is 18.8. The highest BCUT2D eigenvalue weighted by atomic mass is 16.5. The number of allylic oxidation sites excluding steroid dienone is 1. The lowest BCUT2D eigenvalue weighted by molar-refractivity contribution is -0.135. The molecule has 9 heteroatoms. The molecule has 0 spiro atoms. The minimum Gasteiger partial charge on any atom is -0.507 e. The van der Waals surface area contributed by atoms with Gasteiger partial charge in [-0.05, 0) is 61.9 Å². The summed E-state index contributed by atoms with van der Waals surface area (Å²) in [4.78, 5) is 38.2. The monoisotopic (exact) mass is 538 g/mol. The smallest absolute Gasteiger partial charge is 0.342 e. The first kappa shape index (κ1) is 28.0. The van der Waals surface area contributed by atoms with E-state index in [0.717, 1.165) is 0 Å². The molecule has 0 amide bonds. The highest BCUT2D eigenvalue weighted by Crippen LogP contribution is 2.49. The van der Waals surface area contributed by atoms with Crippen LogP contribution in [0, 0.1) is 0 Å². The standard InChI is InChI=1S/C30H34O9/c1-17-9-8-12-20(31)11-7-5-6-10-18-13-22-27(28(33)26(18)30(34)38-17)21(16-25(32)39-22)19-14-23(35-2)29(37-4)24(15-19)36-3/h6,10,13-15,17,21,33H,5,7-9,11-12,16H2,1-4H3/t17-,21+/m1/s1. The molecule has 9 nitrogen and oxygen atoms in total. The number of ketones is 1. The number of esters is 2. The van der Waals surface area contributed by atoms with Gasteiger partial charge in [-0.25, -0.2) is 4.79 Å². The van der Waals surface area contributed by atoms with Gasteiger partial charge >= 0.3 is 11.9 Å². The summed E-state index contributed by atoms with van der Waals surface area (Å²) in [6.07, 6.45) is 6.36. The van der Waals surface area contributed by atoms with E-state index >= 15 is 0 Å². The zero-order valence-electron chi connectivity index (χ0n) is 22.7. The highest BCUT2D eigenvalue weighted by Gasteiger charge is 2.36. The summed E-state index contributed by atoms with van der Waals surface area (Å²) in [7, 11) is 4.47. The van der Waals surface area contributed by atoms with Crippen LogP contribution in [0.5, 0.6) is 28.7 Å². The van der Waals surface area contributed by atoms with Crippen LogP contribution in [-0.2, 0) is 14.3 Å². The van der Waals surface area contributed by atoms with E-state index in [4.69, 9.17) is 23.7 Å². The van der Waals surface area contributed by atoms with Crippen molar-refractivity contribution < 1.29 is 43.2 Å². The molecule has 0 bridgehead atoms. The number of cyclic esters (lactones) is 1. The van der Waals surface area contributed by atoms with E-state index in [9.17, 15) is 19.5 Å². The van der Waals surface area contributed by atoms with Gasteiger partial charge in [-0.3, -0.25) is 9.59 Å². The number of phenolic OH excluding ortho intramolecular Hbond substituents is 1. The van der Waals surface area contributed by atoms with E-state index < -0.39 is 24.0 Å². The molecule has 1 N–H and O–H groups in total. The fraction of sp³-hybridized carbons (Fsp3) is 0.433. The van der Waals surface area contributed by atoms with Crippen LogP contribution in [0.4, 0.5) is 0 Å². The highest BCUT2D eigenvalue weighted by molar-refractivity contribution is 5.98. The zero-order valence-corrected chi connectivity index (χ0v) is 22.7. The van der Waals surface area contributed by atoms with E-state index in [1.165, 1.54) is 21.3 Å². The van der Waals surface area contributed by atoms with Crippen molar-refractivity contribution >= 4 is 23.8 Å². The minimum atomic E-state index is -0.689. The molecular weight excluding hydrogens is 504 g/mol. The number of hydrogen-bond donors (Lipinski definition) is 1. The average molecular weight is 539 g/mol. The fourth-order valence-electron chi connectivity index (χ4n) is 5.11. The maximum atomic E-state index is 13.4. The number of phenols is 1. The van der Waals surface area contributed by atoms with Gasteiger partial charge in [-0.1, -0.05) is 12.2 Å². The second-order valence-electron chi connectivity index (χ2n) is 9.73. The lowest BCUT2D eigenvalue weighted by Crippen LogP contribution is -2.23. The summed E-state index contributed by atoms with van der Waals surface area (Å²) < 4.78 is 27.6. The SMILES string of the molecule is COc1cc([C@@H]2CC(=O)Oc3cc4c(c(O)c32)C(=O)O[C@H](C)CCCC(=O)CCCC=C4)cc(OC)c1OC. The molecule has 0 radical (unpaired) electrons. The Hall–Kier alpha value is -4.01. The van der Waals surface area contributed by atoms with E-state index in [2.05, 4.69) is 0 Å². The second kappa shape index (κ2) is 12.2. The van der Waals surface area contributed by atoms with Gasteiger partial charge in [0.25, 0.3) is 0 Å². The Bertz CT molecular complexity index is 1270. The second-order valence-corrected chi connectivity index (χ2v) is 9.73. The van der Waals surface area contributed by atoms with Crippen molar-refractivity contribution in [2.45, 2.75) is 63.9 Å². The van der Waals surface area contributed by atoms with Gasteiger partial charge in [0, 0.05) is 24.3 Å². The number of carbonyl (C=O) groups excluding carboxylic acids is 3. The Morgan fingerprint density at radius 3 is 2.31 bits per heavy atom. The topological polar surface area (TPSA) is 118 Å². The van der Waals surface area contributed by atoms with Gasteiger partial charge in [-0.2, -0.15) is 0 Å². The molecule has 4 rings (SSSR count). The van der Waals surface area contributed by atoms with Crippen LogP contribution < -0.4 is 18.9 Å². The third-order valence-corrected chi connectivity index (χ3v) is 7.07. The maximum absolute atomic E-state index is 13.4. The summed E-state index contributed by atoms with van der Waals surface area (Å²) >= 11 is 0. The quantitative estimate of drug-likeness (QED) is 0.406. The van der Waals surface area contributed by atoms with Crippen LogP contribution in [0.1, 0.15) is 84.8 Å². The third kappa shape index (κ3) is 6.02. The van der Waals surface area contributed by atoms with Crippen LogP contribution in [0.15, 0.2) is 24.3 Å². The van der Waals surface area contributed by atoms with Crippen LogP contribution in [-0.4, -0.2) is 50.3 Å². The van der Waals surface area contributed by atoms with E-state index in [1.807, 2.05) is 6.08 Å². The summed E-state index contributed by atoms with van der Waals surface area (Å²) in [6.45, 7) is 1.76. The molecule has 2 aliphatic heterocycles. The van der Waals surface area contributed by atoms with Crippen molar-refractivity contribution in [1.82, 2.24) is 0 Å². The Morgan fingerprint density at radius 2 is 1.64 bits per heavy atom. The molecule has 0 aromatic heterocycles. The first-order valence-electron chi connectivity index (χ1n) is 13.1. The van der Waals surface area contributed by atoms with Gasteiger partial charge in [0.15, 0.2) is 11.5 Å². The van der Waals surface area contributed by atoms with Crippen molar-refractivity contribution in [1.29, 1.82) is 0 Å². The summed E-state index contributed by atoms with van der Waals surface area (Å²) in [5.41, 5.74) is 1.28. The van der Waals surface area contributed by atoms with Crippen LogP contribution in [0.25, 0.3) is 6.08 Å². The van der Waals surface area contributed by atoms with Crippen LogP contribution >= 0.6 is 0 Å². The Kier molecular flexibility index (Phi) is 8.79. The minimum absolute atomic E-state index is 0.000349. The van der Waals surface area contributed by atoms with Crippen LogP contribution in [0.3, 0.4) is 0 Å². The normalized spacial score (nSPS) is 20.2. The molecule has 2 heterocycles. The van der Waals surface area contributed by atoms with Crippen molar-refractivity contribution in [2.24, 2.45) is 0 Å². The van der Waals surface area contributed by atoms with Gasteiger partial charge < -0.3 is 28.8 Å². The Morgan fingerprint density at radius 1 is 0.949 bits per heavy atom. The number of aromatic hydroxyl groups is 1. The van der Waals surface area contributed by atoms with Gasteiger partial charge in [0.05, 0.1) is 33.9 Å². The number of methoxy groups -OCH3 is 3. The lowest BCUT2D eigenvalue weighted by Gasteiger charge is -2.28. The van der Waals surface area contributed by atoms with Crippen molar-refractivity contribution in [2.75, 3.05) is 21.3 Å². The van der Waals surface area contributed by atoms with Gasteiger partial charge in [0.1, 0.15) is 22.8 Å². The van der Waals surface area contributed by atoms with Crippen molar-refractivity contribution in [3.8, 4) is 28.7 Å². The molecule has 208 valence electrons. The Labute approximate surface area is 227 Å². The average Bonchev–Trinajstić information content (AvgIpc) is 2.90. The van der Waals surface area contributed by atoms with E-state index in [-0.39, 0.29) is 29.3 Å². The number of carbonyl (C=O) groups is 3. The van der Waals surface area contributed by atoms with Crippen molar-refractivity contribution in [3.63, 3.8) is 0 Å². The largest absolute Gasteiger partial charge is 0.507 e. The third-order valence-electron chi connectivity index (χ3n) is 7.07.